The highest BCUT2D eigenvalue weighted by Gasteiger charge is 2.23. The Morgan fingerprint density at radius 1 is 0.286 bits per heavy atom. The molecule has 0 atom stereocenters. The fraction of sp³-hybridized carbons (Fsp3) is 0. The number of fused-ring (bicyclic) bond motifs is 3. The predicted molar refractivity (Wildman–Crippen MR) is 236 cm³/mol. The molecule has 0 spiro atoms. The Balaban J connectivity index is 1.21. The van der Waals surface area contributed by atoms with Crippen LogP contribution in [-0.4, -0.2) is 0 Å². The van der Waals surface area contributed by atoms with Gasteiger partial charge in [-0.3, -0.25) is 0 Å². The van der Waals surface area contributed by atoms with Crippen molar-refractivity contribution in [2.75, 3.05) is 4.90 Å². The molecule has 0 radical (unpaired) electrons. The number of anilines is 3. The van der Waals surface area contributed by atoms with E-state index in [9.17, 15) is 0 Å². The van der Waals surface area contributed by atoms with Gasteiger partial charge in [-0.05, 0) is 98.6 Å². The second-order valence-electron chi connectivity index (χ2n) is 14.1. The summed E-state index contributed by atoms with van der Waals surface area (Å²) in [6, 6.07) is 80.1. The number of hydrogen-bond acceptors (Lipinski definition) is 2. The smallest absolute Gasteiger partial charge is 0.137 e. The lowest BCUT2D eigenvalue weighted by Gasteiger charge is -2.29. The molecule has 0 aliphatic rings. The van der Waals surface area contributed by atoms with Gasteiger partial charge in [-0.25, -0.2) is 0 Å². The molecule has 264 valence electrons. The summed E-state index contributed by atoms with van der Waals surface area (Å²) in [4.78, 5) is 2.40. The van der Waals surface area contributed by atoms with E-state index in [-0.39, 0.29) is 0 Å². The van der Waals surface area contributed by atoms with Gasteiger partial charge in [0.1, 0.15) is 11.2 Å². The highest BCUT2D eigenvalue weighted by Crippen LogP contribution is 2.48. The molecular weight excluding hydrogens is 679 g/mol. The predicted octanol–water partition coefficient (Wildman–Crippen LogP) is 15.4. The minimum absolute atomic E-state index is 0.860. The van der Waals surface area contributed by atoms with Crippen LogP contribution in [0, 0.1) is 0 Å². The molecule has 10 rings (SSSR count). The molecule has 0 saturated carbocycles. The molecule has 0 bridgehead atoms. The monoisotopic (exact) mass is 715 g/mol. The van der Waals surface area contributed by atoms with Crippen LogP contribution in [0.15, 0.2) is 229 Å². The van der Waals surface area contributed by atoms with Gasteiger partial charge >= 0.3 is 0 Å². The van der Waals surface area contributed by atoms with Crippen molar-refractivity contribution in [1.82, 2.24) is 0 Å². The Kier molecular flexibility index (Phi) is 8.55. The van der Waals surface area contributed by atoms with Crippen LogP contribution < -0.4 is 4.90 Å². The van der Waals surface area contributed by atoms with Gasteiger partial charge in [0.2, 0.25) is 0 Å². The lowest BCUT2D eigenvalue weighted by molar-refractivity contribution is 0.669. The second-order valence-corrected chi connectivity index (χ2v) is 14.1. The Bertz CT molecular complexity index is 2930. The molecule has 9 aromatic carbocycles. The van der Waals surface area contributed by atoms with Gasteiger partial charge in [0, 0.05) is 16.6 Å². The molecule has 0 N–H and O–H groups in total. The number of rotatable bonds is 8. The zero-order valence-corrected chi connectivity index (χ0v) is 30.7. The van der Waals surface area contributed by atoms with Crippen molar-refractivity contribution >= 4 is 39.0 Å². The molecule has 0 unspecified atom stereocenters. The van der Waals surface area contributed by atoms with E-state index in [4.69, 9.17) is 4.42 Å². The van der Waals surface area contributed by atoms with Crippen molar-refractivity contribution in [3.63, 3.8) is 0 Å². The molecular formula is C54H37NO. The SMILES string of the molecule is c1ccc(-c2ccc(N(c3ccc(-c4ccc(-c5ccccc5)cc4-c4ccccc4)cc3-c3ccccc3)c3cccc4oc5ccccc5c34)cc2)cc1. The standard InChI is InChI=1S/C54H37NO/c1-5-16-38(17-6-1)40-28-32-45(33-29-40)55(51-25-15-27-53-54(51)47-24-13-14-26-52(47)56-53)50-35-31-44(37-49(50)42-22-11-4-12-23-42)46-34-30-43(39-18-7-2-8-19-39)36-48(46)41-20-9-3-10-21-41/h1-37H. The van der Waals surface area contributed by atoms with Gasteiger partial charge in [-0.15, -0.1) is 0 Å². The highest BCUT2D eigenvalue weighted by molar-refractivity contribution is 6.14. The number of hydrogen-bond donors (Lipinski definition) is 0. The first-order chi connectivity index (χ1) is 27.8. The summed E-state index contributed by atoms with van der Waals surface area (Å²) in [5, 5.41) is 2.18. The van der Waals surface area contributed by atoms with Crippen LogP contribution in [0.4, 0.5) is 17.1 Å². The third kappa shape index (κ3) is 6.14. The van der Waals surface area contributed by atoms with Gasteiger partial charge in [-0.2, -0.15) is 0 Å². The summed E-state index contributed by atoms with van der Waals surface area (Å²) in [7, 11) is 0. The maximum Gasteiger partial charge on any atom is 0.137 e. The second kappa shape index (κ2) is 14.4. The van der Waals surface area contributed by atoms with Crippen LogP contribution in [0.1, 0.15) is 0 Å². The lowest BCUT2D eigenvalue weighted by atomic mass is 9.89. The normalized spacial score (nSPS) is 11.2. The molecule has 1 aromatic heterocycles. The van der Waals surface area contributed by atoms with E-state index in [1.807, 2.05) is 6.07 Å². The van der Waals surface area contributed by atoms with E-state index in [2.05, 4.69) is 223 Å². The van der Waals surface area contributed by atoms with E-state index >= 15 is 0 Å². The van der Waals surface area contributed by atoms with E-state index < -0.39 is 0 Å². The zero-order valence-electron chi connectivity index (χ0n) is 30.7. The van der Waals surface area contributed by atoms with Crippen molar-refractivity contribution < 1.29 is 4.42 Å². The first-order valence-electron chi connectivity index (χ1n) is 19.1. The molecule has 0 amide bonds. The minimum Gasteiger partial charge on any atom is -0.456 e. The van der Waals surface area contributed by atoms with Gasteiger partial charge in [0.05, 0.1) is 16.8 Å². The minimum atomic E-state index is 0.860. The molecule has 10 aromatic rings. The third-order valence-corrected chi connectivity index (χ3v) is 10.7. The van der Waals surface area contributed by atoms with Crippen molar-refractivity contribution in [2.24, 2.45) is 0 Å². The van der Waals surface area contributed by atoms with Gasteiger partial charge in [0.25, 0.3) is 0 Å². The molecule has 0 aliphatic carbocycles. The van der Waals surface area contributed by atoms with Crippen molar-refractivity contribution in [2.45, 2.75) is 0 Å². The summed E-state index contributed by atoms with van der Waals surface area (Å²) in [6.07, 6.45) is 0. The topological polar surface area (TPSA) is 16.4 Å². The first-order valence-corrected chi connectivity index (χ1v) is 19.1. The van der Waals surface area contributed by atoms with Crippen molar-refractivity contribution in [3.8, 4) is 55.6 Å². The van der Waals surface area contributed by atoms with Crippen LogP contribution in [0.2, 0.25) is 0 Å². The van der Waals surface area contributed by atoms with Crippen molar-refractivity contribution in [3.05, 3.63) is 224 Å². The summed E-state index contributed by atoms with van der Waals surface area (Å²) in [5.41, 5.74) is 16.7. The first kappa shape index (κ1) is 33.2. The van der Waals surface area contributed by atoms with E-state index in [0.29, 0.717) is 0 Å². The Morgan fingerprint density at radius 3 is 1.46 bits per heavy atom. The average Bonchev–Trinajstić information content (AvgIpc) is 3.67. The highest BCUT2D eigenvalue weighted by atomic mass is 16.3. The number of nitrogens with zero attached hydrogens (tertiary/aromatic N) is 1. The maximum absolute atomic E-state index is 6.45. The van der Waals surface area contributed by atoms with Gasteiger partial charge in [-0.1, -0.05) is 176 Å². The molecule has 0 saturated heterocycles. The van der Waals surface area contributed by atoms with Crippen LogP contribution >= 0.6 is 0 Å². The largest absolute Gasteiger partial charge is 0.456 e. The molecule has 56 heavy (non-hydrogen) atoms. The number of furan rings is 1. The summed E-state index contributed by atoms with van der Waals surface area (Å²) >= 11 is 0. The van der Waals surface area contributed by atoms with Gasteiger partial charge in [0.15, 0.2) is 0 Å². The molecule has 2 heteroatoms. The van der Waals surface area contributed by atoms with Crippen LogP contribution in [0.25, 0.3) is 77.6 Å². The fourth-order valence-electron chi connectivity index (χ4n) is 7.99. The summed E-state index contributed by atoms with van der Waals surface area (Å²) in [5.74, 6) is 0. The van der Waals surface area contributed by atoms with Crippen molar-refractivity contribution in [1.29, 1.82) is 0 Å². The Labute approximate surface area is 327 Å². The van der Waals surface area contributed by atoms with Crippen LogP contribution in [0.5, 0.6) is 0 Å². The molecule has 2 nitrogen and oxygen atoms in total. The Hall–Kier alpha value is -7.42. The molecule has 1 heterocycles. The average molecular weight is 716 g/mol. The summed E-state index contributed by atoms with van der Waals surface area (Å²) < 4.78 is 6.45. The van der Waals surface area contributed by atoms with E-state index in [1.165, 1.54) is 38.9 Å². The quantitative estimate of drug-likeness (QED) is 0.156. The molecule has 0 fully saturated rings. The number of para-hydroxylation sites is 1. The van der Waals surface area contributed by atoms with E-state index in [1.54, 1.807) is 0 Å². The fourth-order valence-corrected chi connectivity index (χ4v) is 7.99. The third-order valence-electron chi connectivity index (χ3n) is 10.7. The van der Waals surface area contributed by atoms with Gasteiger partial charge < -0.3 is 9.32 Å². The lowest BCUT2D eigenvalue weighted by Crippen LogP contribution is -2.12. The maximum atomic E-state index is 6.45. The summed E-state index contributed by atoms with van der Waals surface area (Å²) in [6.45, 7) is 0. The number of benzene rings is 9. The Morgan fingerprint density at radius 2 is 0.786 bits per heavy atom. The van der Waals surface area contributed by atoms with E-state index in [0.717, 1.165) is 55.7 Å². The zero-order chi connectivity index (χ0) is 37.3. The van der Waals surface area contributed by atoms with Crippen LogP contribution in [-0.2, 0) is 0 Å². The molecule has 0 aliphatic heterocycles. The van der Waals surface area contributed by atoms with Crippen LogP contribution in [0.3, 0.4) is 0 Å².